The van der Waals surface area contributed by atoms with Gasteiger partial charge in [-0.3, -0.25) is 4.79 Å². The Bertz CT molecular complexity index is 1090. The van der Waals surface area contributed by atoms with E-state index in [1.54, 1.807) is 30.3 Å². The van der Waals surface area contributed by atoms with Crippen LogP contribution in [0.25, 0.3) is 11.3 Å². The number of hydrogen-bond donors (Lipinski definition) is 1. The quantitative estimate of drug-likeness (QED) is 0.656. The molecule has 1 aliphatic rings. The highest BCUT2D eigenvalue weighted by Gasteiger charge is 2.13. The first-order valence-corrected chi connectivity index (χ1v) is 10.3. The van der Waals surface area contributed by atoms with Crippen molar-refractivity contribution in [3.63, 3.8) is 0 Å². The van der Waals surface area contributed by atoms with E-state index in [-0.39, 0.29) is 12.5 Å². The molecule has 1 amide bonds. The lowest BCUT2D eigenvalue weighted by Gasteiger charge is -2.27. The molecule has 1 saturated heterocycles. The van der Waals surface area contributed by atoms with E-state index in [1.165, 1.54) is 19.3 Å². The van der Waals surface area contributed by atoms with E-state index >= 15 is 0 Å². The zero-order valence-corrected chi connectivity index (χ0v) is 17.1. The first kappa shape index (κ1) is 20.4. The highest BCUT2D eigenvalue weighted by Crippen LogP contribution is 2.23. The Morgan fingerprint density at radius 3 is 2.65 bits per heavy atom. The number of para-hydroxylation sites is 1. The van der Waals surface area contributed by atoms with Gasteiger partial charge in [-0.1, -0.05) is 24.3 Å². The number of nitrogens with one attached hydrogen (secondary N) is 1. The van der Waals surface area contributed by atoms with Crippen molar-refractivity contribution >= 4 is 17.4 Å². The smallest absolute Gasteiger partial charge is 0.262 e. The Kier molecular flexibility index (Phi) is 6.38. The normalized spacial score (nSPS) is 13.3. The molecule has 4 rings (SSSR count). The fraction of sp³-hybridized carbons (Fsp3) is 0.250. The fourth-order valence-corrected chi connectivity index (χ4v) is 3.55. The van der Waals surface area contributed by atoms with Crippen LogP contribution < -0.4 is 15.0 Å². The number of anilines is 2. The molecule has 7 heteroatoms. The number of amides is 1. The van der Waals surface area contributed by atoms with E-state index in [2.05, 4.69) is 20.4 Å². The second kappa shape index (κ2) is 9.72. The van der Waals surface area contributed by atoms with Crippen LogP contribution in [0, 0.1) is 11.3 Å². The third kappa shape index (κ3) is 5.17. The average Bonchev–Trinajstić information content (AvgIpc) is 2.84. The van der Waals surface area contributed by atoms with Crippen molar-refractivity contribution in [3.05, 3.63) is 66.2 Å². The van der Waals surface area contributed by atoms with Gasteiger partial charge in [-0.25, -0.2) is 0 Å². The molecule has 31 heavy (non-hydrogen) atoms. The maximum atomic E-state index is 12.3. The summed E-state index contributed by atoms with van der Waals surface area (Å²) in [6, 6.07) is 20.3. The summed E-state index contributed by atoms with van der Waals surface area (Å²) >= 11 is 0. The SMILES string of the molecule is N#Cc1ccccc1OCC(=O)Nc1cccc(-c2ccc(N3CCCCC3)nn2)c1. The predicted molar refractivity (Wildman–Crippen MR) is 119 cm³/mol. The molecular weight excluding hydrogens is 390 g/mol. The molecular formula is C24H23N5O2. The molecule has 156 valence electrons. The molecule has 3 aromatic rings. The summed E-state index contributed by atoms with van der Waals surface area (Å²) in [5, 5.41) is 20.7. The summed E-state index contributed by atoms with van der Waals surface area (Å²) < 4.78 is 5.49. The fourth-order valence-electron chi connectivity index (χ4n) is 3.55. The average molecular weight is 413 g/mol. The monoisotopic (exact) mass is 413 g/mol. The van der Waals surface area contributed by atoms with Crippen molar-refractivity contribution in [2.45, 2.75) is 19.3 Å². The number of nitrogens with zero attached hydrogens (tertiary/aromatic N) is 4. The van der Waals surface area contributed by atoms with E-state index in [4.69, 9.17) is 10.00 Å². The Balaban J connectivity index is 1.39. The van der Waals surface area contributed by atoms with Gasteiger partial charge in [0.15, 0.2) is 12.4 Å². The number of benzene rings is 2. The molecule has 2 heterocycles. The van der Waals surface area contributed by atoms with Crippen LogP contribution in [0.5, 0.6) is 5.75 Å². The van der Waals surface area contributed by atoms with Crippen molar-refractivity contribution in [2.75, 3.05) is 29.9 Å². The minimum absolute atomic E-state index is 0.187. The van der Waals surface area contributed by atoms with Gasteiger partial charge < -0.3 is 15.0 Å². The first-order chi connectivity index (χ1) is 15.2. The maximum Gasteiger partial charge on any atom is 0.262 e. The van der Waals surface area contributed by atoms with E-state index < -0.39 is 0 Å². The van der Waals surface area contributed by atoms with Crippen LogP contribution in [-0.2, 0) is 4.79 Å². The number of piperidine rings is 1. The lowest BCUT2D eigenvalue weighted by molar-refractivity contribution is -0.118. The van der Waals surface area contributed by atoms with Gasteiger partial charge in [0, 0.05) is 24.3 Å². The van der Waals surface area contributed by atoms with Crippen molar-refractivity contribution in [2.24, 2.45) is 0 Å². The van der Waals surface area contributed by atoms with Crippen molar-refractivity contribution in [1.82, 2.24) is 10.2 Å². The van der Waals surface area contributed by atoms with Gasteiger partial charge in [0.25, 0.3) is 5.91 Å². The minimum Gasteiger partial charge on any atom is -0.482 e. The number of hydrogen-bond acceptors (Lipinski definition) is 6. The van der Waals surface area contributed by atoms with Crippen LogP contribution >= 0.6 is 0 Å². The number of carbonyl (C=O) groups excluding carboxylic acids is 1. The van der Waals surface area contributed by atoms with Gasteiger partial charge in [0.1, 0.15) is 11.8 Å². The maximum absolute atomic E-state index is 12.3. The molecule has 2 aromatic carbocycles. The van der Waals surface area contributed by atoms with Crippen LogP contribution in [-0.4, -0.2) is 35.8 Å². The summed E-state index contributed by atoms with van der Waals surface area (Å²) in [5.74, 6) is 0.983. The van der Waals surface area contributed by atoms with Crippen LogP contribution in [0.2, 0.25) is 0 Å². The third-order valence-electron chi connectivity index (χ3n) is 5.14. The molecule has 0 radical (unpaired) electrons. The van der Waals surface area contributed by atoms with Crippen LogP contribution in [0.3, 0.4) is 0 Å². The zero-order chi connectivity index (χ0) is 21.5. The molecule has 1 aliphatic heterocycles. The van der Waals surface area contributed by atoms with Crippen molar-refractivity contribution in [3.8, 4) is 23.1 Å². The van der Waals surface area contributed by atoms with E-state index in [0.717, 1.165) is 30.2 Å². The highest BCUT2D eigenvalue weighted by atomic mass is 16.5. The van der Waals surface area contributed by atoms with Gasteiger partial charge in [-0.2, -0.15) is 5.26 Å². The van der Waals surface area contributed by atoms with Gasteiger partial charge >= 0.3 is 0 Å². The van der Waals surface area contributed by atoms with Gasteiger partial charge in [-0.15, -0.1) is 10.2 Å². The number of carbonyl (C=O) groups is 1. The number of rotatable bonds is 6. The number of nitriles is 1. The predicted octanol–water partition coefficient (Wildman–Crippen LogP) is 4.02. The van der Waals surface area contributed by atoms with Crippen molar-refractivity contribution in [1.29, 1.82) is 5.26 Å². The molecule has 7 nitrogen and oxygen atoms in total. The summed E-state index contributed by atoms with van der Waals surface area (Å²) in [6.45, 7) is 1.86. The van der Waals surface area contributed by atoms with Crippen molar-refractivity contribution < 1.29 is 9.53 Å². The Labute approximate surface area is 181 Å². The molecule has 0 atom stereocenters. The summed E-state index contributed by atoms with van der Waals surface area (Å²) in [4.78, 5) is 14.6. The van der Waals surface area contributed by atoms with E-state index in [1.807, 2.05) is 36.4 Å². The standard InChI is InChI=1S/C24H23N5O2/c25-16-19-7-2-3-10-22(19)31-17-24(30)26-20-9-6-8-18(15-20)21-11-12-23(28-27-21)29-13-4-1-5-14-29/h2-3,6-12,15H,1,4-5,13-14,17H2,(H,26,30). The summed E-state index contributed by atoms with van der Waals surface area (Å²) in [6.07, 6.45) is 3.66. The number of aromatic nitrogens is 2. The second-order valence-corrected chi connectivity index (χ2v) is 7.35. The Hall–Kier alpha value is -3.92. The van der Waals surface area contributed by atoms with Gasteiger partial charge in [0.05, 0.1) is 11.3 Å². The minimum atomic E-state index is -0.309. The third-order valence-corrected chi connectivity index (χ3v) is 5.14. The molecule has 0 unspecified atom stereocenters. The lowest BCUT2D eigenvalue weighted by Crippen LogP contribution is -2.30. The zero-order valence-electron chi connectivity index (χ0n) is 17.1. The largest absolute Gasteiger partial charge is 0.482 e. The van der Waals surface area contributed by atoms with Crippen LogP contribution in [0.15, 0.2) is 60.7 Å². The first-order valence-electron chi connectivity index (χ1n) is 10.3. The van der Waals surface area contributed by atoms with E-state index in [9.17, 15) is 4.79 Å². The molecule has 1 fully saturated rings. The van der Waals surface area contributed by atoms with E-state index in [0.29, 0.717) is 17.0 Å². The molecule has 0 spiro atoms. The van der Waals surface area contributed by atoms with Crippen LogP contribution in [0.4, 0.5) is 11.5 Å². The molecule has 1 aromatic heterocycles. The molecule has 1 N–H and O–H groups in total. The van der Waals surface area contributed by atoms with Gasteiger partial charge in [-0.05, 0) is 55.7 Å². The summed E-state index contributed by atoms with van der Waals surface area (Å²) in [7, 11) is 0. The highest BCUT2D eigenvalue weighted by molar-refractivity contribution is 5.92. The second-order valence-electron chi connectivity index (χ2n) is 7.35. The number of ether oxygens (including phenoxy) is 1. The molecule has 0 bridgehead atoms. The molecule has 0 saturated carbocycles. The Morgan fingerprint density at radius 2 is 1.87 bits per heavy atom. The Morgan fingerprint density at radius 1 is 1.03 bits per heavy atom. The topological polar surface area (TPSA) is 91.1 Å². The molecule has 0 aliphatic carbocycles. The summed E-state index contributed by atoms with van der Waals surface area (Å²) in [5.41, 5.74) is 2.65. The lowest BCUT2D eigenvalue weighted by atomic mass is 10.1. The van der Waals surface area contributed by atoms with Crippen LogP contribution in [0.1, 0.15) is 24.8 Å². The van der Waals surface area contributed by atoms with Gasteiger partial charge in [0.2, 0.25) is 0 Å².